The van der Waals surface area contributed by atoms with Crippen molar-refractivity contribution in [2.24, 2.45) is 7.05 Å². The molecule has 0 radical (unpaired) electrons. The molecule has 0 amide bonds. The first-order valence-electron chi connectivity index (χ1n) is 6.40. The van der Waals surface area contributed by atoms with Crippen molar-refractivity contribution >= 4 is 16.9 Å². The van der Waals surface area contributed by atoms with Crippen LogP contribution in [0.25, 0.3) is 11.0 Å². The number of nitrogens with zero attached hydrogens (tertiary/aromatic N) is 5. The third kappa shape index (κ3) is 3.19. The molecular formula is C12H18F2N6. The lowest BCUT2D eigenvalue weighted by molar-refractivity contribution is 0.0965. The van der Waals surface area contributed by atoms with Crippen molar-refractivity contribution < 1.29 is 8.78 Å². The monoisotopic (exact) mass is 284 g/mol. The minimum atomic E-state index is -2.37. The Kier molecular flexibility index (Phi) is 4.43. The van der Waals surface area contributed by atoms with E-state index < -0.39 is 6.43 Å². The average Bonchev–Trinajstić information content (AvgIpc) is 2.71. The van der Waals surface area contributed by atoms with Gasteiger partial charge in [0.15, 0.2) is 5.65 Å². The lowest BCUT2D eigenvalue weighted by Gasteiger charge is -2.15. The highest BCUT2D eigenvalue weighted by Crippen LogP contribution is 2.19. The SMILES string of the molecule is CCNc1nc(CN(C)CC(F)F)nc2c1cnn2C. The Morgan fingerprint density at radius 3 is 2.80 bits per heavy atom. The molecule has 0 aromatic carbocycles. The number of nitrogens with one attached hydrogen (secondary N) is 1. The van der Waals surface area contributed by atoms with Gasteiger partial charge in [-0.15, -0.1) is 0 Å². The molecule has 0 saturated heterocycles. The zero-order valence-corrected chi connectivity index (χ0v) is 11.8. The Morgan fingerprint density at radius 2 is 2.15 bits per heavy atom. The van der Waals surface area contributed by atoms with Gasteiger partial charge >= 0.3 is 0 Å². The number of alkyl halides is 2. The van der Waals surface area contributed by atoms with Crippen LogP contribution in [0.3, 0.4) is 0 Å². The van der Waals surface area contributed by atoms with Crippen molar-refractivity contribution in [1.29, 1.82) is 0 Å². The first-order chi connectivity index (χ1) is 9.51. The smallest absolute Gasteiger partial charge is 0.251 e. The maximum Gasteiger partial charge on any atom is 0.251 e. The van der Waals surface area contributed by atoms with Gasteiger partial charge in [0.25, 0.3) is 6.43 Å². The molecule has 2 heterocycles. The Balaban J connectivity index is 2.31. The number of rotatable bonds is 6. The van der Waals surface area contributed by atoms with E-state index in [4.69, 9.17) is 0 Å². The number of hydrogen-bond donors (Lipinski definition) is 1. The van der Waals surface area contributed by atoms with Gasteiger partial charge < -0.3 is 5.32 Å². The Hall–Kier alpha value is -1.83. The van der Waals surface area contributed by atoms with E-state index in [1.807, 2.05) is 6.92 Å². The second kappa shape index (κ2) is 6.08. The number of anilines is 1. The molecular weight excluding hydrogens is 266 g/mol. The van der Waals surface area contributed by atoms with E-state index in [1.165, 1.54) is 4.90 Å². The lowest BCUT2D eigenvalue weighted by Crippen LogP contribution is -2.25. The van der Waals surface area contributed by atoms with Crippen LogP contribution >= 0.6 is 0 Å². The maximum atomic E-state index is 12.3. The first-order valence-corrected chi connectivity index (χ1v) is 6.40. The molecule has 0 aliphatic carbocycles. The fourth-order valence-corrected chi connectivity index (χ4v) is 1.98. The van der Waals surface area contributed by atoms with E-state index in [9.17, 15) is 8.78 Å². The second-order valence-electron chi connectivity index (χ2n) is 4.61. The molecule has 0 fully saturated rings. The highest BCUT2D eigenvalue weighted by molar-refractivity contribution is 5.86. The summed E-state index contributed by atoms with van der Waals surface area (Å²) in [5.41, 5.74) is 0.691. The summed E-state index contributed by atoms with van der Waals surface area (Å²) < 4.78 is 26.3. The van der Waals surface area contributed by atoms with Crippen molar-refractivity contribution in [3.8, 4) is 0 Å². The lowest BCUT2D eigenvalue weighted by atomic mass is 10.3. The number of hydrogen-bond acceptors (Lipinski definition) is 5. The molecule has 0 aliphatic rings. The average molecular weight is 284 g/mol. The minimum absolute atomic E-state index is 0.268. The van der Waals surface area contributed by atoms with Crippen LogP contribution in [-0.2, 0) is 13.6 Å². The van der Waals surface area contributed by atoms with Gasteiger partial charge in [0.05, 0.1) is 24.7 Å². The summed E-state index contributed by atoms with van der Waals surface area (Å²) in [4.78, 5) is 10.3. The molecule has 2 rings (SSSR count). The van der Waals surface area contributed by atoms with Gasteiger partial charge in [0.2, 0.25) is 0 Å². The van der Waals surface area contributed by atoms with E-state index in [0.29, 0.717) is 23.8 Å². The molecule has 0 aliphatic heterocycles. The van der Waals surface area contributed by atoms with Gasteiger partial charge in [0, 0.05) is 13.6 Å². The predicted octanol–water partition coefficient (Wildman–Crippen LogP) is 1.49. The van der Waals surface area contributed by atoms with Crippen LogP contribution < -0.4 is 5.32 Å². The zero-order chi connectivity index (χ0) is 14.7. The van der Waals surface area contributed by atoms with Gasteiger partial charge in [-0.05, 0) is 14.0 Å². The Morgan fingerprint density at radius 1 is 1.40 bits per heavy atom. The number of aryl methyl sites for hydroxylation is 1. The molecule has 0 spiro atoms. The summed E-state index contributed by atoms with van der Waals surface area (Å²) in [5.74, 6) is 1.19. The van der Waals surface area contributed by atoms with Crippen LogP contribution in [0.1, 0.15) is 12.7 Å². The summed E-state index contributed by atoms with van der Waals surface area (Å²) in [6.07, 6.45) is -0.673. The quantitative estimate of drug-likeness (QED) is 0.871. The molecule has 8 heteroatoms. The summed E-state index contributed by atoms with van der Waals surface area (Å²) >= 11 is 0. The standard InChI is InChI=1S/C12H18F2N6/c1-4-15-11-8-5-16-20(3)12(8)18-10(17-11)7-19(2)6-9(13)14/h5,9H,4,6-7H2,1-3H3,(H,15,17,18). The topological polar surface area (TPSA) is 58.9 Å². The molecule has 0 unspecified atom stereocenters. The van der Waals surface area contributed by atoms with Crippen molar-refractivity contribution in [3.63, 3.8) is 0 Å². The van der Waals surface area contributed by atoms with Crippen LogP contribution in [0, 0.1) is 0 Å². The van der Waals surface area contributed by atoms with Gasteiger partial charge in [-0.25, -0.2) is 18.7 Å². The van der Waals surface area contributed by atoms with Crippen LogP contribution in [0.15, 0.2) is 6.20 Å². The summed E-state index contributed by atoms with van der Waals surface area (Å²) in [5, 5.41) is 8.12. The number of aromatic nitrogens is 4. The van der Waals surface area contributed by atoms with E-state index in [2.05, 4.69) is 20.4 Å². The molecule has 2 aromatic rings. The fourth-order valence-electron chi connectivity index (χ4n) is 1.98. The molecule has 0 bridgehead atoms. The van der Waals surface area contributed by atoms with Gasteiger partial charge in [-0.1, -0.05) is 0 Å². The number of halogens is 2. The van der Waals surface area contributed by atoms with E-state index in [0.717, 1.165) is 5.39 Å². The first kappa shape index (κ1) is 14.6. The van der Waals surface area contributed by atoms with E-state index in [1.54, 1.807) is 25.0 Å². The second-order valence-corrected chi connectivity index (χ2v) is 4.61. The molecule has 0 saturated carbocycles. The third-order valence-electron chi connectivity index (χ3n) is 2.84. The minimum Gasteiger partial charge on any atom is -0.370 e. The normalized spacial score (nSPS) is 11.8. The Labute approximate surface area is 115 Å². The van der Waals surface area contributed by atoms with E-state index >= 15 is 0 Å². The summed E-state index contributed by atoms with van der Waals surface area (Å²) in [6.45, 7) is 2.65. The third-order valence-corrected chi connectivity index (χ3v) is 2.84. The van der Waals surface area contributed by atoms with Gasteiger partial charge in [-0.2, -0.15) is 5.10 Å². The van der Waals surface area contributed by atoms with Gasteiger partial charge in [-0.3, -0.25) is 9.58 Å². The molecule has 20 heavy (non-hydrogen) atoms. The van der Waals surface area contributed by atoms with Crippen molar-refractivity contribution in [1.82, 2.24) is 24.6 Å². The van der Waals surface area contributed by atoms with Crippen LogP contribution in [-0.4, -0.2) is 51.2 Å². The number of fused-ring (bicyclic) bond motifs is 1. The maximum absolute atomic E-state index is 12.3. The molecule has 2 aromatic heterocycles. The zero-order valence-electron chi connectivity index (χ0n) is 11.8. The highest BCUT2D eigenvalue weighted by Gasteiger charge is 2.14. The van der Waals surface area contributed by atoms with Crippen molar-refractivity contribution in [2.75, 3.05) is 25.5 Å². The van der Waals surface area contributed by atoms with Crippen LogP contribution in [0.5, 0.6) is 0 Å². The van der Waals surface area contributed by atoms with Crippen LogP contribution in [0.4, 0.5) is 14.6 Å². The highest BCUT2D eigenvalue weighted by atomic mass is 19.3. The van der Waals surface area contributed by atoms with Gasteiger partial charge in [0.1, 0.15) is 11.6 Å². The Bertz CT molecular complexity index is 583. The molecule has 0 atom stereocenters. The van der Waals surface area contributed by atoms with Crippen molar-refractivity contribution in [3.05, 3.63) is 12.0 Å². The largest absolute Gasteiger partial charge is 0.370 e. The molecule has 110 valence electrons. The molecule has 1 N–H and O–H groups in total. The van der Waals surface area contributed by atoms with Crippen LogP contribution in [0.2, 0.25) is 0 Å². The van der Waals surface area contributed by atoms with Crippen molar-refractivity contribution in [2.45, 2.75) is 19.9 Å². The fraction of sp³-hybridized carbons (Fsp3) is 0.583. The summed E-state index contributed by atoms with van der Waals surface area (Å²) in [7, 11) is 3.41. The van der Waals surface area contributed by atoms with E-state index in [-0.39, 0.29) is 13.1 Å². The molecule has 6 nitrogen and oxygen atoms in total. The summed E-state index contributed by atoms with van der Waals surface area (Å²) in [6, 6.07) is 0. The predicted molar refractivity (Wildman–Crippen MR) is 72.8 cm³/mol.